The van der Waals surface area contributed by atoms with Crippen molar-refractivity contribution in [2.45, 2.75) is 11.7 Å². The molecule has 0 atom stereocenters. The minimum atomic E-state index is -0.0839. The average Bonchev–Trinajstić information content (AvgIpc) is 3.26. The van der Waals surface area contributed by atoms with Crippen LogP contribution in [0.2, 0.25) is 0 Å². The Morgan fingerprint density at radius 3 is 2.71 bits per heavy atom. The zero-order valence-electron chi connectivity index (χ0n) is 16.9. The number of benzene rings is 2. The normalized spacial score (nSPS) is 10.6. The average molecular weight is 432 g/mol. The first kappa shape index (κ1) is 20.6. The number of rotatable bonds is 8. The Labute approximate surface area is 184 Å². The van der Waals surface area contributed by atoms with Gasteiger partial charge < -0.3 is 10.1 Å². The maximum absolute atomic E-state index is 12.4. The summed E-state index contributed by atoms with van der Waals surface area (Å²) in [6.45, 7) is 0.438. The number of ether oxygens (including phenoxy) is 1. The Hall–Kier alpha value is -3.65. The van der Waals surface area contributed by atoms with Crippen LogP contribution in [0.25, 0.3) is 17.1 Å². The highest BCUT2D eigenvalue weighted by Crippen LogP contribution is 2.29. The molecule has 4 rings (SSSR count). The third kappa shape index (κ3) is 5.10. The predicted octanol–water partition coefficient (Wildman–Crippen LogP) is 3.75. The van der Waals surface area contributed by atoms with Crippen molar-refractivity contribution >= 4 is 17.7 Å². The molecule has 31 heavy (non-hydrogen) atoms. The third-order valence-corrected chi connectivity index (χ3v) is 5.45. The maximum atomic E-state index is 12.4. The van der Waals surface area contributed by atoms with Gasteiger partial charge in [-0.05, 0) is 35.9 Å². The molecule has 2 heterocycles. The summed E-state index contributed by atoms with van der Waals surface area (Å²) in [5.74, 6) is 1.57. The second kappa shape index (κ2) is 9.90. The molecule has 7 nitrogen and oxygen atoms in total. The van der Waals surface area contributed by atoms with Crippen LogP contribution in [0.15, 0.2) is 84.3 Å². The number of nitrogens with one attached hydrogen (secondary N) is 1. The lowest BCUT2D eigenvalue weighted by Gasteiger charge is -2.11. The van der Waals surface area contributed by atoms with Gasteiger partial charge in [-0.2, -0.15) is 0 Å². The highest BCUT2D eigenvalue weighted by molar-refractivity contribution is 7.99. The van der Waals surface area contributed by atoms with Crippen LogP contribution < -0.4 is 10.1 Å². The molecule has 1 N–H and O–H groups in total. The molecule has 0 aliphatic rings. The third-order valence-electron chi connectivity index (χ3n) is 4.52. The Bertz CT molecular complexity index is 1150. The zero-order chi connectivity index (χ0) is 21.5. The molecule has 4 aromatic rings. The molecule has 156 valence electrons. The number of carbonyl (C=O) groups excluding carboxylic acids is 1. The largest absolute Gasteiger partial charge is 0.497 e. The fourth-order valence-electron chi connectivity index (χ4n) is 3.01. The fraction of sp³-hybridized carbons (Fsp3) is 0.130. The topological polar surface area (TPSA) is 81.9 Å². The van der Waals surface area contributed by atoms with Gasteiger partial charge in [0.15, 0.2) is 11.0 Å². The summed E-state index contributed by atoms with van der Waals surface area (Å²) in [7, 11) is 1.63. The van der Waals surface area contributed by atoms with E-state index in [-0.39, 0.29) is 11.7 Å². The van der Waals surface area contributed by atoms with E-state index in [1.165, 1.54) is 11.8 Å². The summed E-state index contributed by atoms with van der Waals surface area (Å²) in [5, 5.41) is 12.3. The predicted molar refractivity (Wildman–Crippen MR) is 120 cm³/mol. The van der Waals surface area contributed by atoms with Crippen molar-refractivity contribution in [3.05, 3.63) is 84.7 Å². The van der Waals surface area contributed by atoms with Gasteiger partial charge in [-0.25, -0.2) is 0 Å². The standard InChI is InChI=1S/C23H21N5O2S/c1-30-20-11-5-8-18(13-20)22-26-27-23(28(22)19-9-3-2-4-10-19)31-16-21(29)25-15-17-7-6-12-24-14-17/h2-14H,15-16H2,1H3,(H,25,29). The molecular formula is C23H21N5O2S. The van der Waals surface area contributed by atoms with Crippen LogP contribution in [0.1, 0.15) is 5.56 Å². The van der Waals surface area contributed by atoms with Gasteiger partial charge in [-0.3, -0.25) is 14.3 Å². The lowest BCUT2D eigenvalue weighted by molar-refractivity contribution is -0.118. The van der Waals surface area contributed by atoms with Gasteiger partial charge in [-0.1, -0.05) is 48.2 Å². The molecule has 0 saturated carbocycles. The van der Waals surface area contributed by atoms with Crippen molar-refractivity contribution in [3.8, 4) is 22.8 Å². The molecular weight excluding hydrogens is 410 g/mol. The van der Waals surface area contributed by atoms with Crippen LogP contribution in [0.5, 0.6) is 5.75 Å². The molecule has 0 spiro atoms. The summed E-state index contributed by atoms with van der Waals surface area (Å²) < 4.78 is 7.30. The van der Waals surface area contributed by atoms with Crippen molar-refractivity contribution in [1.82, 2.24) is 25.1 Å². The first-order chi connectivity index (χ1) is 15.2. The van der Waals surface area contributed by atoms with E-state index in [9.17, 15) is 4.79 Å². The summed E-state index contributed by atoms with van der Waals surface area (Å²) >= 11 is 1.34. The second-order valence-electron chi connectivity index (χ2n) is 6.64. The molecule has 2 aromatic heterocycles. The lowest BCUT2D eigenvalue weighted by atomic mass is 10.2. The monoisotopic (exact) mass is 431 g/mol. The van der Waals surface area contributed by atoms with Crippen molar-refractivity contribution < 1.29 is 9.53 Å². The van der Waals surface area contributed by atoms with Gasteiger partial charge in [0.05, 0.1) is 12.9 Å². The summed E-state index contributed by atoms with van der Waals surface area (Å²) in [6.07, 6.45) is 3.44. The van der Waals surface area contributed by atoms with Crippen molar-refractivity contribution in [1.29, 1.82) is 0 Å². The minimum absolute atomic E-state index is 0.0839. The molecule has 0 saturated heterocycles. The molecule has 0 aliphatic heterocycles. The number of nitrogens with zero attached hydrogens (tertiary/aromatic N) is 4. The number of aromatic nitrogens is 4. The smallest absolute Gasteiger partial charge is 0.230 e. The summed E-state index contributed by atoms with van der Waals surface area (Å²) in [5.41, 5.74) is 2.75. The first-order valence-corrected chi connectivity index (χ1v) is 10.7. The first-order valence-electron chi connectivity index (χ1n) is 9.68. The zero-order valence-corrected chi connectivity index (χ0v) is 17.7. The number of hydrogen-bond acceptors (Lipinski definition) is 6. The summed E-state index contributed by atoms with van der Waals surface area (Å²) in [6, 6.07) is 21.3. The van der Waals surface area contributed by atoms with E-state index in [0.717, 1.165) is 22.6 Å². The molecule has 0 radical (unpaired) electrons. The van der Waals surface area contributed by atoms with Crippen molar-refractivity contribution in [3.63, 3.8) is 0 Å². The van der Waals surface area contributed by atoms with E-state index >= 15 is 0 Å². The Kier molecular flexibility index (Phi) is 6.59. The van der Waals surface area contributed by atoms with E-state index < -0.39 is 0 Å². The van der Waals surface area contributed by atoms with Gasteiger partial charge >= 0.3 is 0 Å². The van der Waals surface area contributed by atoms with Gasteiger partial charge in [0.2, 0.25) is 5.91 Å². The molecule has 0 aliphatic carbocycles. The highest BCUT2D eigenvalue weighted by atomic mass is 32.2. The molecule has 0 fully saturated rings. The molecule has 8 heteroatoms. The number of amides is 1. The Balaban J connectivity index is 1.55. The van der Waals surface area contributed by atoms with Gasteiger partial charge in [0.1, 0.15) is 5.75 Å². The minimum Gasteiger partial charge on any atom is -0.497 e. The van der Waals surface area contributed by atoms with E-state index in [4.69, 9.17) is 4.74 Å². The maximum Gasteiger partial charge on any atom is 0.230 e. The molecule has 0 unspecified atom stereocenters. The van der Waals surface area contributed by atoms with Gasteiger partial charge in [0, 0.05) is 30.2 Å². The van der Waals surface area contributed by atoms with Crippen molar-refractivity contribution in [2.24, 2.45) is 0 Å². The van der Waals surface area contributed by atoms with Crippen molar-refractivity contribution in [2.75, 3.05) is 12.9 Å². The van der Waals surface area contributed by atoms with E-state index in [2.05, 4.69) is 20.5 Å². The molecule has 1 amide bonds. The second-order valence-corrected chi connectivity index (χ2v) is 7.58. The number of methoxy groups -OCH3 is 1. The lowest BCUT2D eigenvalue weighted by Crippen LogP contribution is -2.24. The van der Waals surface area contributed by atoms with E-state index in [1.807, 2.05) is 71.3 Å². The molecule has 0 bridgehead atoms. The number of carbonyl (C=O) groups is 1. The Morgan fingerprint density at radius 2 is 1.94 bits per heavy atom. The van der Waals surface area contributed by atoms with Crippen LogP contribution in [0, 0.1) is 0 Å². The van der Waals surface area contributed by atoms with Crippen LogP contribution in [0.3, 0.4) is 0 Å². The van der Waals surface area contributed by atoms with Gasteiger partial charge in [-0.15, -0.1) is 10.2 Å². The Morgan fingerprint density at radius 1 is 1.06 bits per heavy atom. The van der Waals surface area contributed by atoms with Gasteiger partial charge in [0.25, 0.3) is 0 Å². The van der Waals surface area contributed by atoms with Crippen LogP contribution in [0.4, 0.5) is 0 Å². The van der Waals surface area contributed by atoms with Crippen LogP contribution in [-0.4, -0.2) is 38.5 Å². The van der Waals surface area contributed by atoms with E-state index in [1.54, 1.807) is 19.5 Å². The number of para-hydroxylation sites is 1. The number of pyridine rings is 1. The van der Waals surface area contributed by atoms with Crippen LogP contribution in [-0.2, 0) is 11.3 Å². The SMILES string of the molecule is COc1cccc(-c2nnc(SCC(=O)NCc3cccnc3)n2-c2ccccc2)c1. The quantitative estimate of drug-likeness (QED) is 0.428. The van der Waals surface area contributed by atoms with Crippen LogP contribution >= 0.6 is 11.8 Å². The van der Waals surface area contributed by atoms with E-state index in [0.29, 0.717) is 17.5 Å². The molecule has 2 aromatic carbocycles. The highest BCUT2D eigenvalue weighted by Gasteiger charge is 2.17. The summed E-state index contributed by atoms with van der Waals surface area (Å²) in [4.78, 5) is 16.4. The number of hydrogen-bond donors (Lipinski definition) is 1. The number of thioether (sulfide) groups is 1. The fourth-order valence-corrected chi connectivity index (χ4v) is 3.79.